The molecule has 4 rings (SSSR count). The van der Waals surface area contributed by atoms with E-state index in [0.29, 0.717) is 11.5 Å². The largest absolute Gasteiger partial charge is 0.497 e. The summed E-state index contributed by atoms with van der Waals surface area (Å²) in [5.41, 5.74) is 2.79. The Hall–Kier alpha value is -2.60. The van der Waals surface area contributed by atoms with Crippen LogP contribution in [0.2, 0.25) is 0 Å². The highest BCUT2D eigenvalue weighted by Crippen LogP contribution is 2.29. The van der Waals surface area contributed by atoms with Crippen LogP contribution in [0.5, 0.6) is 5.75 Å². The Bertz CT molecular complexity index is 935. The molecule has 0 N–H and O–H groups in total. The number of benzene rings is 2. The van der Waals surface area contributed by atoms with Crippen LogP contribution in [-0.2, 0) is 0 Å². The summed E-state index contributed by atoms with van der Waals surface area (Å²) in [5, 5.41) is 4.34. The number of aromatic nitrogens is 2. The molecule has 0 bridgehead atoms. The highest BCUT2D eigenvalue weighted by molar-refractivity contribution is 9.10. The van der Waals surface area contributed by atoms with Crippen molar-refractivity contribution in [2.24, 2.45) is 0 Å². The van der Waals surface area contributed by atoms with Crippen LogP contribution in [0, 0.1) is 0 Å². The number of likely N-dealkylation sites (tertiary alicyclic amines) is 1. The maximum Gasteiger partial charge on any atom is 0.257 e. The van der Waals surface area contributed by atoms with Crippen LogP contribution in [0.25, 0.3) is 5.69 Å². The SMILES string of the molecule is COc1ccc(C2CCN(C(=O)c3cnn(-c4ccc(Br)cc4)c3)C2)cc1. The summed E-state index contributed by atoms with van der Waals surface area (Å²) >= 11 is 3.43. The molecule has 3 aromatic rings. The van der Waals surface area contributed by atoms with Gasteiger partial charge in [-0.05, 0) is 48.4 Å². The molecule has 2 heterocycles. The number of methoxy groups -OCH3 is 1. The fourth-order valence-electron chi connectivity index (χ4n) is 3.44. The van der Waals surface area contributed by atoms with Crippen molar-refractivity contribution < 1.29 is 9.53 Å². The van der Waals surface area contributed by atoms with Crippen molar-refractivity contribution >= 4 is 21.8 Å². The Morgan fingerprint density at radius 2 is 1.89 bits per heavy atom. The average Bonchev–Trinajstić information content (AvgIpc) is 3.38. The Morgan fingerprint density at radius 1 is 1.15 bits per heavy atom. The normalized spacial score (nSPS) is 16.5. The lowest BCUT2D eigenvalue weighted by Gasteiger charge is -2.16. The third-order valence-corrected chi connectivity index (χ3v) is 5.51. The van der Waals surface area contributed by atoms with E-state index in [1.165, 1.54) is 5.56 Å². The molecule has 0 saturated carbocycles. The zero-order valence-electron chi connectivity index (χ0n) is 15.0. The highest BCUT2D eigenvalue weighted by Gasteiger charge is 2.28. The van der Waals surface area contributed by atoms with Crippen molar-refractivity contribution in [1.82, 2.24) is 14.7 Å². The fraction of sp³-hybridized carbons (Fsp3) is 0.238. The molecule has 138 valence electrons. The molecule has 0 radical (unpaired) electrons. The number of carbonyl (C=O) groups is 1. The number of halogens is 1. The molecule has 1 fully saturated rings. The predicted octanol–water partition coefficient (Wildman–Crippen LogP) is 4.27. The number of hydrogen-bond donors (Lipinski definition) is 0. The van der Waals surface area contributed by atoms with Crippen LogP contribution in [-0.4, -0.2) is 40.8 Å². The van der Waals surface area contributed by atoms with Crippen LogP contribution in [0.1, 0.15) is 28.3 Å². The van der Waals surface area contributed by atoms with Gasteiger partial charge in [0.05, 0.1) is 24.6 Å². The molecule has 1 atom stereocenters. The first kappa shape index (κ1) is 17.8. The monoisotopic (exact) mass is 425 g/mol. The summed E-state index contributed by atoms with van der Waals surface area (Å²) in [6, 6.07) is 16.0. The minimum absolute atomic E-state index is 0.0365. The van der Waals surface area contributed by atoms with E-state index in [1.54, 1.807) is 24.2 Å². The van der Waals surface area contributed by atoms with E-state index in [0.717, 1.165) is 35.4 Å². The van der Waals surface area contributed by atoms with E-state index in [2.05, 4.69) is 33.2 Å². The smallest absolute Gasteiger partial charge is 0.257 e. The molecule has 1 saturated heterocycles. The van der Waals surface area contributed by atoms with Gasteiger partial charge in [0.15, 0.2) is 0 Å². The lowest BCUT2D eigenvalue weighted by molar-refractivity contribution is 0.0791. The molecule has 6 heteroatoms. The molecule has 1 unspecified atom stereocenters. The third-order valence-electron chi connectivity index (χ3n) is 4.98. The molecule has 1 aliphatic heterocycles. The van der Waals surface area contributed by atoms with Gasteiger partial charge in [0.2, 0.25) is 0 Å². The first-order valence-electron chi connectivity index (χ1n) is 8.88. The minimum Gasteiger partial charge on any atom is -0.497 e. The Morgan fingerprint density at radius 3 is 2.59 bits per heavy atom. The van der Waals surface area contributed by atoms with Crippen LogP contribution in [0.3, 0.4) is 0 Å². The molecular weight excluding hydrogens is 406 g/mol. The second-order valence-electron chi connectivity index (χ2n) is 6.66. The van der Waals surface area contributed by atoms with Gasteiger partial charge in [0.1, 0.15) is 5.75 Å². The predicted molar refractivity (Wildman–Crippen MR) is 108 cm³/mol. The standard InChI is InChI=1S/C21H20BrN3O2/c1-27-20-8-2-15(3-9-20)16-10-11-24(13-16)21(26)17-12-23-25(14-17)19-6-4-18(22)5-7-19/h2-9,12,14,16H,10-11,13H2,1H3. The number of carbonyl (C=O) groups excluding carboxylic acids is 1. The summed E-state index contributed by atoms with van der Waals surface area (Å²) in [6.45, 7) is 1.49. The van der Waals surface area contributed by atoms with E-state index in [1.807, 2.05) is 41.3 Å². The van der Waals surface area contributed by atoms with Gasteiger partial charge in [-0.1, -0.05) is 28.1 Å². The molecule has 0 spiro atoms. The molecule has 5 nitrogen and oxygen atoms in total. The quantitative estimate of drug-likeness (QED) is 0.626. The summed E-state index contributed by atoms with van der Waals surface area (Å²) in [6.07, 6.45) is 4.41. The Labute approximate surface area is 166 Å². The molecular formula is C21H20BrN3O2. The molecule has 1 amide bonds. The lowest BCUT2D eigenvalue weighted by atomic mass is 9.98. The number of hydrogen-bond acceptors (Lipinski definition) is 3. The zero-order valence-corrected chi connectivity index (χ0v) is 16.6. The van der Waals surface area contributed by atoms with Crippen LogP contribution < -0.4 is 4.74 Å². The van der Waals surface area contributed by atoms with Crippen LogP contribution >= 0.6 is 15.9 Å². The van der Waals surface area contributed by atoms with Gasteiger partial charge >= 0.3 is 0 Å². The van der Waals surface area contributed by atoms with E-state index in [4.69, 9.17) is 4.74 Å². The second-order valence-corrected chi connectivity index (χ2v) is 7.58. The fourth-order valence-corrected chi connectivity index (χ4v) is 3.71. The van der Waals surface area contributed by atoms with Gasteiger partial charge in [0, 0.05) is 29.7 Å². The summed E-state index contributed by atoms with van der Waals surface area (Å²) < 4.78 is 7.96. The molecule has 2 aromatic carbocycles. The minimum atomic E-state index is 0.0365. The molecule has 1 aromatic heterocycles. The summed E-state index contributed by atoms with van der Waals surface area (Å²) in [7, 11) is 1.67. The highest BCUT2D eigenvalue weighted by atomic mass is 79.9. The Balaban J connectivity index is 1.45. The van der Waals surface area contributed by atoms with Gasteiger partial charge in [-0.25, -0.2) is 4.68 Å². The summed E-state index contributed by atoms with van der Waals surface area (Å²) in [4.78, 5) is 14.8. The zero-order chi connectivity index (χ0) is 18.8. The van der Waals surface area contributed by atoms with E-state index in [9.17, 15) is 4.79 Å². The molecule has 0 aliphatic carbocycles. The van der Waals surface area contributed by atoms with Gasteiger partial charge in [0.25, 0.3) is 5.91 Å². The van der Waals surface area contributed by atoms with E-state index < -0.39 is 0 Å². The third kappa shape index (κ3) is 3.76. The van der Waals surface area contributed by atoms with Crippen LogP contribution in [0.15, 0.2) is 65.4 Å². The first-order valence-corrected chi connectivity index (χ1v) is 9.67. The van der Waals surface area contributed by atoms with Crippen molar-refractivity contribution in [2.45, 2.75) is 12.3 Å². The van der Waals surface area contributed by atoms with Crippen LogP contribution in [0.4, 0.5) is 0 Å². The van der Waals surface area contributed by atoms with Gasteiger partial charge in [-0.2, -0.15) is 5.10 Å². The summed E-state index contributed by atoms with van der Waals surface area (Å²) in [5.74, 6) is 1.25. The number of nitrogens with zero attached hydrogens (tertiary/aromatic N) is 3. The van der Waals surface area contributed by atoms with E-state index >= 15 is 0 Å². The van der Waals surface area contributed by atoms with Crippen molar-refractivity contribution in [3.05, 3.63) is 76.5 Å². The second kappa shape index (κ2) is 7.56. The maximum atomic E-state index is 12.9. The number of rotatable bonds is 4. The Kier molecular flexibility index (Phi) is 4.99. The van der Waals surface area contributed by atoms with Crippen molar-refractivity contribution in [2.75, 3.05) is 20.2 Å². The van der Waals surface area contributed by atoms with Crippen molar-refractivity contribution in [3.63, 3.8) is 0 Å². The van der Waals surface area contributed by atoms with Crippen molar-refractivity contribution in [1.29, 1.82) is 0 Å². The topological polar surface area (TPSA) is 47.4 Å². The van der Waals surface area contributed by atoms with Gasteiger partial charge in [-0.15, -0.1) is 0 Å². The van der Waals surface area contributed by atoms with Crippen molar-refractivity contribution in [3.8, 4) is 11.4 Å². The number of amides is 1. The van der Waals surface area contributed by atoms with Gasteiger partial charge < -0.3 is 9.64 Å². The maximum absolute atomic E-state index is 12.9. The lowest BCUT2D eigenvalue weighted by Crippen LogP contribution is -2.28. The molecule has 1 aliphatic rings. The van der Waals surface area contributed by atoms with Gasteiger partial charge in [-0.3, -0.25) is 4.79 Å². The number of ether oxygens (including phenoxy) is 1. The van der Waals surface area contributed by atoms with E-state index in [-0.39, 0.29) is 5.91 Å². The average molecular weight is 426 g/mol. The molecule has 27 heavy (non-hydrogen) atoms. The first-order chi connectivity index (χ1) is 13.1.